The predicted molar refractivity (Wildman–Crippen MR) is 82.3 cm³/mol. The van der Waals surface area contributed by atoms with Gasteiger partial charge in [-0.25, -0.2) is 0 Å². The van der Waals surface area contributed by atoms with Crippen molar-refractivity contribution >= 4 is 11.8 Å². The maximum absolute atomic E-state index is 11.4. The normalized spacial score (nSPS) is 10.1. The van der Waals surface area contributed by atoms with Gasteiger partial charge < -0.3 is 25.8 Å². The number of hydrogen-bond donors (Lipinski definition) is 3. The third kappa shape index (κ3) is 7.61. The van der Waals surface area contributed by atoms with Crippen LogP contribution in [0.4, 0.5) is 0 Å². The van der Waals surface area contributed by atoms with Crippen molar-refractivity contribution < 1.29 is 19.1 Å². The molecule has 0 bridgehead atoms. The maximum atomic E-state index is 11.4. The van der Waals surface area contributed by atoms with Gasteiger partial charge in [0, 0.05) is 13.2 Å². The monoisotopic (exact) mass is 309 g/mol. The van der Waals surface area contributed by atoms with E-state index in [-0.39, 0.29) is 24.9 Å². The van der Waals surface area contributed by atoms with E-state index in [1.165, 1.54) is 0 Å². The number of hydrogen-bond acceptors (Lipinski definition) is 5. The van der Waals surface area contributed by atoms with Crippen LogP contribution in [0.15, 0.2) is 24.3 Å². The Bertz CT molecular complexity index is 462. The van der Waals surface area contributed by atoms with Gasteiger partial charge in [-0.2, -0.15) is 0 Å². The second kappa shape index (κ2) is 10.6. The average Bonchev–Trinajstić information content (AvgIpc) is 2.56. The summed E-state index contributed by atoms with van der Waals surface area (Å²) in [6, 6.07) is 7.66. The molecule has 1 aromatic carbocycles. The summed E-state index contributed by atoms with van der Waals surface area (Å²) in [5.74, 6) is 0.225. The largest absolute Gasteiger partial charge is 0.497 e. The number of methoxy groups -OCH3 is 1. The first kappa shape index (κ1) is 17.9. The minimum Gasteiger partial charge on any atom is -0.497 e. The molecule has 1 rings (SSSR count). The Balaban J connectivity index is 2.03. The molecule has 0 saturated heterocycles. The molecule has 0 saturated carbocycles. The molecule has 0 aromatic heterocycles. The van der Waals surface area contributed by atoms with Gasteiger partial charge in [-0.15, -0.1) is 0 Å². The maximum Gasteiger partial charge on any atom is 0.239 e. The van der Waals surface area contributed by atoms with Gasteiger partial charge in [0.25, 0.3) is 0 Å². The lowest BCUT2D eigenvalue weighted by molar-refractivity contribution is -0.125. The Morgan fingerprint density at radius 1 is 1.14 bits per heavy atom. The highest BCUT2D eigenvalue weighted by molar-refractivity contribution is 5.85. The van der Waals surface area contributed by atoms with Gasteiger partial charge >= 0.3 is 0 Å². The summed E-state index contributed by atoms with van der Waals surface area (Å²) in [5, 5.41) is 5.08. The van der Waals surface area contributed by atoms with Crippen LogP contribution in [0.3, 0.4) is 0 Å². The van der Waals surface area contributed by atoms with Crippen LogP contribution >= 0.6 is 0 Å². The minimum absolute atomic E-state index is 0.0528. The first-order valence-electron chi connectivity index (χ1n) is 7.10. The van der Waals surface area contributed by atoms with Crippen molar-refractivity contribution in [1.29, 1.82) is 0 Å². The van der Waals surface area contributed by atoms with Crippen LogP contribution in [-0.4, -0.2) is 45.2 Å². The van der Waals surface area contributed by atoms with Crippen LogP contribution < -0.4 is 21.1 Å². The highest BCUT2D eigenvalue weighted by Gasteiger charge is 2.02. The number of rotatable bonds is 10. The van der Waals surface area contributed by atoms with Crippen LogP contribution in [0, 0.1) is 0 Å². The van der Waals surface area contributed by atoms with Gasteiger partial charge in [-0.3, -0.25) is 9.59 Å². The Morgan fingerprint density at radius 3 is 2.50 bits per heavy atom. The van der Waals surface area contributed by atoms with E-state index >= 15 is 0 Å². The number of carbonyl (C=O) groups excluding carboxylic acids is 2. The van der Waals surface area contributed by atoms with Gasteiger partial charge in [0.1, 0.15) is 5.75 Å². The molecule has 7 nitrogen and oxygen atoms in total. The fourth-order valence-electron chi connectivity index (χ4n) is 1.63. The second-order valence-electron chi connectivity index (χ2n) is 4.59. The molecule has 0 aliphatic rings. The Hall–Kier alpha value is -2.12. The summed E-state index contributed by atoms with van der Waals surface area (Å²) in [7, 11) is 1.63. The number of ether oxygens (including phenoxy) is 2. The molecule has 1 aromatic rings. The van der Waals surface area contributed by atoms with E-state index in [1.54, 1.807) is 7.11 Å². The molecule has 122 valence electrons. The third-order valence-corrected chi connectivity index (χ3v) is 2.85. The molecule has 0 unspecified atom stereocenters. The van der Waals surface area contributed by atoms with Gasteiger partial charge in [-0.05, 0) is 24.1 Å². The lowest BCUT2D eigenvalue weighted by atomic mass is 10.2. The predicted octanol–water partition coefficient (Wildman–Crippen LogP) is -0.207. The summed E-state index contributed by atoms with van der Waals surface area (Å²) >= 11 is 0. The van der Waals surface area contributed by atoms with Crippen LogP contribution in [0.25, 0.3) is 0 Å². The van der Waals surface area contributed by atoms with Gasteiger partial charge in [-0.1, -0.05) is 12.1 Å². The summed E-state index contributed by atoms with van der Waals surface area (Å²) in [6.45, 7) is 1.39. The fraction of sp³-hybridized carbons (Fsp3) is 0.467. The van der Waals surface area contributed by atoms with Crippen molar-refractivity contribution in [2.24, 2.45) is 5.73 Å². The van der Waals surface area contributed by atoms with E-state index in [9.17, 15) is 9.59 Å². The number of nitrogens with two attached hydrogens (primary N) is 1. The molecule has 0 spiro atoms. The van der Waals surface area contributed by atoms with Crippen molar-refractivity contribution in [3.8, 4) is 5.75 Å². The van der Waals surface area contributed by atoms with E-state index in [2.05, 4.69) is 10.6 Å². The van der Waals surface area contributed by atoms with E-state index in [4.69, 9.17) is 15.2 Å². The van der Waals surface area contributed by atoms with Crippen LogP contribution in [-0.2, 0) is 20.9 Å². The molecule has 0 atom stereocenters. The first-order chi connectivity index (χ1) is 10.7. The number of nitrogens with one attached hydrogen (secondary N) is 2. The summed E-state index contributed by atoms with van der Waals surface area (Å²) in [5.41, 5.74) is 6.17. The lowest BCUT2D eigenvalue weighted by Gasteiger charge is -2.07. The van der Waals surface area contributed by atoms with Crippen LogP contribution in [0.2, 0.25) is 0 Å². The van der Waals surface area contributed by atoms with E-state index < -0.39 is 0 Å². The second-order valence-corrected chi connectivity index (χ2v) is 4.59. The van der Waals surface area contributed by atoms with Crippen molar-refractivity contribution in [3.05, 3.63) is 29.8 Å². The Kier molecular flexibility index (Phi) is 8.63. The molecule has 22 heavy (non-hydrogen) atoms. The number of amides is 2. The number of carbonyl (C=O) groups is 2. The van der Waals surface area contributed by atoms with E-state index in [0.717, 1.165) is 11.3 Å². The molecule has 0 aliphatic carbocycles. The highest BCUT2D eigenvalue weighted by atomic mass is 16.5. The molecule has 2 amide bonds. The Labute approximate surface area is 130 Å². The SMILES string of the molecule is COc1ccc(COCCCNC(=O)CNC(=O)CN)cc1. The molecular weight excluding hydrogens is 286 g/mol. The molecular formula is C15H23N3O4. The molecule has 7 heteroatoms. The average molecular weight is 309 g/mol. The van der Waals surface area contributed by atoms with Gasteiger partial charge in [0.15, 0.2) is 0 Å². The summed E-state index contributed by atoms with van der Waals surface area (Å²) in [6.07, 6.45) is 0.701. The minimum atomic E-state index is -0.349. The van der Waals surface area contributed by atoms with Crippen molar-refractivity contribution in [2.75, 3.05) is 33.4 Å². The quantitative estimate of drug-likeness (QED) is 0.519. The van der Waals surface area contributed by atoms with Crippen LogP contribution in [0.1, 0.15) is 12.0 Å². The molecule has 0 heterocycles. The van der Waals surface area contributed by atoms with Crippen molar-refractivity contribution in [3.63, 3.8) is 0 Å². The molecule has 0 radical (unpaired) electrons. The van der Waals surface area contributed by atoms with E-state index in [0.29, 0.717) is 26.2 Å². The van der Waals surface area contributed by atoms with Crippen LogP contribution in [0.5, 0.6) is 5.75 Å². The zero-order chi connectivity index (χ0) is 16.2. The van der Waals surface area contributed by atoms with E-state index in [1.807, 2.05) is 24.3 Å². The zero-order valence-corrected chi connectivity index (χ0v) is 12.8. The number of benzene rings is 1. The van der Waals surface area contributed by atoms with Gasteiger partial charge in [0.2, 0.25) is 11.8 Å². The highest BCUT2D eigenvalue weighted by Crippen LogP contribution is 2.11. The first-order valence-corrected chi connectivity index (χ1v) is 7.10. The topological polar surface area (TPSA) is 103 Å². The zero-order valence-electron chi connectivity index (χ0n) is 12.8. The molecule has 0 fully saturated rings. The fourth-order valence-corrected chi connectivity index (χ4v) is 1.63. The summed E-state index contributed by atoms with van der Waals surface area (Å²) in [4.78, 5) is 22.2. The lowest BCUT2D eigenvalue weighted by Crippen LogP contribution is -2.39. The summed E-state index contributed by atoms with van der Waals surface area (Å²) < 4.78 is 10.6. The smallest absolute Gasteiger partial charge is 0.239 e. The van der Waals surface area contributed by atoms with Crippen molar-refractivity contribution in [2.45, 2.75) is 13.0 Å². The van der Waals surface area contributed by atoms with Crippen molar-refractivity contribution in [1.82, 2.24) is 10.6 Å². The molecule has 4 N–H and O–H groups in total. The standard InChI is InChI=1S/C15H23N3O4/c1-21-13-5-3-12(4-6-13)11-22-8-2-7-17-15(20)10-18-14(19)9-16/h3-6H,2,7-11,16H2,1H3,(H,17,20)(H,18,19). The molecule has 0 aliphatic heterocycles. The Morgan fingerprint density at radius 2 is 1.86 bits per heavy atom. The van der Waals surface area contributed by atoms with Gasteiger partial charge in [0.05, 0.1) is 26.8 Å². The third-order valence-electron chi connectivity index (χ3n) is 2.85.